The molecule has 1 N–H and O–H groups in total. The van der Waals surface area contributed by atoms with Gasteiger partial charge in [0.05, 0.1) is 0 Å². The second kappa shape index (κ2) is 6.30. The Balaban J connectivity index is 2.24. The van der Waals surface area contributed by atoms with E-state index in [1.807, 2.05) is 26.8 Å². The van der Waals surface area contributed by atoms with Crippen molar-refractivity contribution in [2.75, 3.05) is 5.32 Å². The summed E-state index contributed by atoms with van der Waals surface area (Å²) in [5.74, 6) is 0.381. The topological polar surface area (TPSA) is 76.9 Å². The molecule has 2 aromatic heterocycles. The molecule has 0 aliphatic heterocycles. The molecule has 0 aliphatic carbocycles. The Morgan fingerprint density at radius 3 is 2.76 bits per heavy atom. The first-order valence-corrected chi connectivity index (χ1v) is 6.78. The zero-order valence-electron chi connectivity index (χ0n) is 12.3. The highest BCUT2D eigenvalue weighted by atomic mass is 16.2. The van der Waals surface area contributed by atoms with Crippen molar-refractivity contribution < 1.29 is 4.79 Å². The Morgan fingerprint density at radius 1 is 1.33 bits per heavy atom. The number of nitrogens with one attached hydrogen (secondary N) is 1. The third-order valence-corrected chi connectivity index (χ3v) is 2.88. The molecule has 0 bridgehead atoms. The highest BCUT2D eigenvalue weighted by Crippen LogP contribution is 2.10. The first-order valence-electron chi connectivity index (χ1n) is 6.78. The number of aryl methyl sites for hydroxylation is 1. The molecule has 0 saturated carbocycles. The standard InChI is InChI=1S/C15H18N4O2/c1-10(2)9-19-13(20)7-6-12(18-19)15(21)17-14-11(3)5-4-8-16-14/h4-8,10H,9H2,1-3H3,(H,16,17,21). The van der Waals surface area contributed by atoms with Crippen molar-refractivity contribution >= 4 is 11.7 Å². The molecule has 0 unspecified atom stereocenters. The molecule has 1 amide bonds. The molecular weight excluding hydrogens is 268 g/mol. The summed E-state index contributed by atoms with van der Waals surface area (Å²) in [6, 6.07) is 6.43. The van der Waals surface area contributed by atoms with Crippen molar-refractivity contribution in [3.63, 3.8) is 0 Å². The predicted octanol–water partition coefficient (Wildman–Crippen LogP) is 1.86. The van der Waals surface area contributed by atoms with Gasteiger partial charge >= 0.3 is 0 Å². The van der Waals surface area contributed by atoms with E-state index in [9.17, 15) is 9.59 Å². The predicted molar refractivity (Wildman–Crippen MR) is 80.3 cm³/mol. The highest BCUT2D eigenvalue weighted by molar-refractivity contribution is 6.02. The average molecular weight is 286 g/mol. The van der Waals surface area contributed by atoms with Crippen molar-refractivity contribution in [3.05, 3.63) is 52.1 Å². The van der Waals surface area contributed by atoms with Crippen molar-refractivity contribution in [2.45, 2.75) is 27.3 Å². The van der Waals surface area contributed by atoms with Gasteiger partial charge in [-0.25, -0.2) is 9.67 Å². The molecule has 2 rings (SSSR count). The van der Waals surface area contributed by atoms with Crippen LogP contribution in [-0.4, -0.2) is 20.7 Å². The van der Waals surface area contributed by atoms with E-state index >= 15 is 0 Å². The van der Waals surface area contributed by atoms with Gasteiger partial charge in [0.1, 0.15) is 11.5 Å². The van der Waals surface area contributed by atoms with Gasteiger partial charge in [0.2, 0.25) is 0 Å². The van der Waals surface area contributed by atoms with Gasteiger partial charge in [0, 0.05) is 18.8 Å². The quantitative estimate of drug-likeness (QED) is 0.930. The van der Waals surface area contributed by atoms with E-state index in [4.69, 9.17) is 0 Å². The number of nitrogens with zero attached hydrogens (tertiary/aromatic N) is 3. The van der Waals surface area contributed by atoms with Gasteiger partial charge in [-0.2, -0.15) is 5.10 Å². The Morgan fingerprint density at radius 2 is 2.10 bits per heavy atom. The third-order valence-electron chi connectivity index (χ3n) is 2.88. The third kappa shape index (κ3) is 3.75. The van der Waals surface area contributed by atoms with E-state index < -0.39 is 0 Å². The lowest BCUT2D eigenvalue weighted by molar-refractivity contribution is 0.101. The van der Waals surface area contributed by atoms with Crippen LogP contribution >= 0.6 is 0 Å². The molecule has 6 nitrogen and oxygen atoms in total. The second-order valence-corrected chi connectivity index (χ2v) is 5.26. The number of carbonyl (C=O) groups is 1. The Bertz CT molecular complexity index is 707. The van der Waals surface area contributed by atoms with Crippen LogP contribution in [0.3, 0.4) is 0 Å². The van der Waals surface area contributed by atoms with Crippen molar-refractivity contribution in [1.29, 1.82) is 0 Å². The number of rotatable bonds is 4. The van der Waals surface area contributed by atoms with Gasteiger partial charge in [0.15, 0.2) is 0 Å². The van der Waals surface area contributed by atoms with Gasteiger partial charge in [-0.3, -0.25) is 9.59 Å². The summed E-state index contributed by atoms with van der Waals surface area (Å²) in [6.45, 7) is 6.30. The monoisotopic (exact) mass is 286 g/mol. The first-order chi connectivity index (χ1) is 9.97. The molecule has 110 valence electrons. The van der Waals surface area contributed by atoms with Crippen LogP contribution in [0.5, 0.6) is 0 Å². The summed E-state index contributed by atoms with van der Waals surface area (Å²) in [6.07, 6.45) is 1.61. The van der Waals surface area contributed by atoms with Gasteiger partial charge in [0.25, 0.3) is 11.5 Å². The van der Waals surface area contributed by atoms with Crippen LogP contribution < -0.4 is 10.9 Å². The Hall–Kier alpha value is -2.50. The van der Waals surface area contributed by atoms with Gasteiger partial charge in [-0.15, -0.1) is 0 Å². The van der Waals surface area contributed by atoms with E-state index in [0.717, 1.165) is 5.56 Å². The maximum Gasteiger partial charge on any atom is 0.277 e. The highest BCUT2D eigenvalue weighted by Gasteiger charge is 2.12. The summed E-state index contributed by atoms with van der Waals surface area (Å²) in [5.41, 5.74) is 0.843. The summed E-state index contributed by atoms with van der Waals surface area (Å²) in [7, 11) is 0. The number of hydrogen-bond acceptors (Lipinski definition) is 4. The summed E-state index contributed by atoms with van der Waals surface area (Å²) < 4.78 is 1.31. The first kappa shape index (κ1) is 14.9. The Kier molecular flexibility index (Phi) is 4.47. The van der Waals surface area contributed by atoms with Crippen molar-refractivity contribution in [3.8, 4) is 0 Å². The number of anilines is 1. The van der Waals surface area contributed by atoms with Gasteiger partial charge in [-0.05, 0) is 30.5 Å². The molecule has 0 fully saturated rings. The molecular formula is C15H18N4O2. The number of carbonyl (C=O) groups excluding carboxylic acids is 1. The molecule has 0 radical (unpaired) electrons. The average Bonchev–Trinajstić information content (AvgIpc) is 2.43. The smallest absolute Gasteiger partial charge is 0.277 e. The molecule has 0 aliphatic rings. The summed E-state index contributed by atoms with van der Waals surface area (Å²) in [4.78, 5) is 28.0. The van der Waals surface area contributed by atoms with Crippen LogP contribution in [-0.2, 0) is 6.54 Å². The van der Waals surface area contributed by atoms with Crippen LogP contribution in [0.25, 0.3) is 0 Å². The van der Waals surface area contributed by atoms with Gasteiger partial charge in [-0.1, -0.05) is 19.9 Å². The molecule has 21 heavy (non-hydrogen) atoms. The minimum absolute atomic E-state index is 0.195. The minimum atomic E-state index is -0.380. The fraction of sp³-hybridized carbons (Fsp3) is 0.333. The van der Waals surface area contributed by atoms with Crippen LogP contribution in [0.2, 0.25) is 0 Å². The maximum absolute atomic E-state index is 12.2. The van der Waals surface area contributed by atoms with E-state index in [0.29, 0.717) is 12.4 Å². The number of pyridine rings is 1. The SMILES string of the molecule is Cc1cccnc1NC(=O)c1ccc(=O)n(CC(C)C)n1. The number of amides is 1. The molecule has 2 heterocycles. The molecule has 0 saturated heterocycles. The second-order valence-electron chi connectivity index (χ2n) is 5.26. The lowest BCUT2D eigenvalue weighted by Crippen LogP contribution is -2.28. The normalized spacial score (nSPS) is 10.7. The molecule has 6 heteroatoms. The number of aromatic nitrogens is 3. The lowest BCUT2D eigenvalue weighted by atomic mass is 10.2. The summed E-state index contributed by atoms with van der Waals surface area (Å²) >= 11 is 0. The molecule has 2 aromatic rings. The van der Waals surface area contributed by atoms with Crippen molar-refractivity contribution in [2.24, 2.45) is 5.92 Å². The largest absolute Gasteiger partial charge is 0.305 e. The van der Waals surface area contributed by atoms with Crippen LogP contribution in [0.4, 0.5) is 5.82 Å². The van der Waals surface area contributed by atoms with E-state index in [-0.39, 0.29) is 23.1 Å². The van der Waals surface area contributed by atoms with E-state index in [2.05, 4.69) is 15.4 Å². The van der Waals surface area contributed by atoms with Crippen molar-refractivity contribution in [1.82, 2.24) is 14.8 Å². The lowest BCUT2D eigenvalue weighted by Gasteiger charge is -2.10. The Labute approximate surface area is 122 Å². The zero-order valence-corrected chi connectivity index (χ0v) is 12.3. The van der Waals surface area contributed by atoms with Crippen LogP contribution in [0.1, 0.15) is 29.9 Å². The minimum Gasteiger partial charge on any atom is -0.305 e. The van der Waals surface area contributed by atoms with Gasteiger partial charge < -0.3 is 5.32 Å². The maximum atomic E-state index is 12.2. The van der Waals surface area contributed by atoms with Crippen LogP contribution in [0, 0.1) is 12.8 Å². The fourth-order valence-corrected chi connectivity index (χ4v) is 1.83. The van der Waals surface area contributed by atoms with E-state index in [1.54, 1.807) is 12.3 Å². The molecule has 0 aromatic carbocycles. The number of hydrogen-bond donors (Lipinski definition) is 1. The van der Waals surface area contributed by atoms with Crippen LogP contribution in [0.15, 0.2) is 35.3 Å². The summed E-state index contributed by atoms with van der Waals surface area (Å²) in [5, 5.41) is 6.80. The fourth-order valence-electron chi connectivity index (χ4n) is 1.83. The molecule has 0 atom stereocenters. The molecule has 0 spiro atoms. The zero-order chi connectivity index (χ0) is 15.4. The van der Waals surface area contributed by atoms with E-state index in [1.165, 1.54) is 16.8 Å².